The Labute approximate surface area is 164 Å². The molecule has 1 aromatic carbocycles. The number of hydrogen-bond acceptors (Lipinski definition) is 7. The first-order chi connectivity index (χ1) is 13.6. The smallest absolute Gasteiger partial charge is 0.338 e. The van der Waals surface area contributed by atoms with Gasteiger partial charge >= 0.3 is 5.97 Å². The predicted molar refractivity (Wildman–Crippen MR) is 108 cm³/mol. The zero-order valence-corrected chi connectivity index (χ0v) is 16.0. The van der Waals surface area contributed by atoms with Gasteiger partial charge in [-0.05, 0) is 48.7 Å². The highest BCUT2D eigenvalue weighted by Gasteiger charge is 2.23. The van der Waals surface area contributed by atoms with E-state index in [9.17, 15) is 4.79 Å². The third-order valence-electron chi connectivity index (χ3n) is 4.73. The van der Waals surface area contributed by atoms with Crippen molar-refractivity contribution in [2.24, 2.45) is 0 Å². The second kappa shape index (κ2) is 9.14. The number of carbonyl (C=O) groups excluding carboxylic acids is 1. The first-order valence-electron chi connectivity index (χ1n) is 9.07. The fourth-order valence-corrected chi connectivity index (χ4v) is 3.06. The first kappa shape index (κ1) is 19.6. The van der Waals surface area contributed by atoms with Gasteiger partial charge in [-0.2, -0.15) is 0 Å². The quantitative estimate of drug-likeness (QED) is 0.352. The number of aromatic nitrogens is 1. The van der Waals surface area contributed by atoms with E-state index in [2.05, 4.69) is 15.6 Å². The van der Waals surface area contributed by atoms with Crippen LogP contribution in [0.15, 0.2) is 42.2 Å². The Morgan fingerprint density at radius 1 is 1.39 bits per heavy atom. The van der Waals surface area contributed by atoms with Crippen LogP contribution in [0.5, 0.6) is 5.88 Å². The zero-order valence-electron chi connectivity index (χ0n) is 16.0. The molecule has 1 aromatic heterocycles. The number of nitrogens with zero attached hydrogens (tertiary/aromatic N) is 1. The molecule has 0 atom stereocenters. The molecule has 0 fully saturated rings. The minimum Gasteiger partial charge on any atom is -0.481 e. The monoisotopic (exact) mass is 380 g/mol. The number of rotatable bonds is 9. The van der Waals surface area contributed by atoms with Crippen molar-refractivity contribution in [3.63, 3.8) is 0 Å². The van der Waals surface area contributed by atoms with Crippen molar-refractivity contribution < 1.29 is 14.3 Å². The molecule has 0 unspecified atom stereocenters. The number of hydrogen-bond donors (Lipinski definition) is 3. The summed E-state index contributed by atoms with van der Waals surface area (Å²) in [6.07, 6.45) is 5.61. The van der Waals surface area contributed by atoms with Gasteiger partial charge in [-0.3, -0.25) is 0 Å². The fourth-order valence-electron chi connectivity index (χ4n) is 3.06. The van der Waals surface area contributed by atoms with Crippen LogP contribution in [0, 0.1) is 12.3 Å². The van der Waals surface area contributed by atoms with E-state index in [1.165, 1.54) is 11.8 Å². The highest BCUT2D eigenvalue weighted by molar-refractivity contribution is 5.93. The maximum atomic E-state index is 11.6. The first-order valence-corrected chi connectivity index (χ1v) is 9.07. The van der Waals surface area contributed by atoms with Gasteiger partial charge in [-0.1, -0.05) is 6.07 Å². The van der Waals surface area contributed by atoms with Gasteiger partial charge in [0.2, 0.25) is 5.88 Å². The molecule has 0 spiro atoms. The van der Waals surface area contributed by atoms with Crippen LogP contribution in [0.25, 0.3) is 0 Å². The number of pyridine rings is 1. The zero-order chi connectivity index (χ0) is 19.9. The third-order valence-corrected chi connectivity index (χ3v) is 4.73. The largest absolute Gasteiger partial charge is 0.481 e. The van der Waals surface area contributed by atoms with Crippen molar-refractivity contribution in [3.05, 3.63) is 64.5 Å². The minimum atomic E-state index is -0.233. The Hall–Kier alpha value is -3.19. The number of esters is 1. The second-order valence-electron chi connectivity index (χ2n) is 6.47. The standard InChI is InChI=1S/C21H24N4O3/c1-14-16(3-4-18-19(14)13-28-21(18)26)5-7-23-11-15(10-22)12-25-17-6-8-24-20(9-17)27-2/h3-4,6,8-10,12,22-23H,5,7,11,13H2,1-2H3,(H,24,25)/b15-12+,22-10?. The van der Waals surface area contributed by atoms with E-state index >= 15 is 0 Å². The van der Waals surface area contributed by atoms with Gasteiger partial charge in [-0.15, -0.1) is 0 Å². The Balaban J connectivity index is 1.51. The van der Waals surface area contributed by atoms with Crippen molar-refractivity contribution in [3.8, 4) is 5.88 Å². The molecule has 3 N–H and O–H groups in total. The van der Waals surface area contributed by atoms with Crippen molar-refractivity contribution in [2.45, 2.75) is 20.0 Å². The summed E-state index contributed by atoms with van der Waals surface area (Å²) in [5, 5.41) is 14.1. The van der Waals surface area contributed by atoms with Crippen LogP contribution in [0.4, 0.5) is 5.69 Å². The number of anilines is 1. The lowest BCUT2D eigenvalue weighted by atomic mass is 9.97. The molecule has 0 radical (unpaired) electrons. The molecule has 0 saturated carbocycles. The van der Waals surface area contributed by atoms with Gasteiger partial charge in [-0.25, -0.2) is 9.78 Å². The third kappa shape index (κ3) is 4.55. The average molecular weight is 380 g/mol. The van der Waals surface area contributed by atoms with E-state index in [0.29, 0.717) is 24.6 Å². The molecule has 28 heavy (non-hydrogen) atoms. The maximum absolute atomic E-state index is 11.6. The summed E-state index contributed by atoms with van der Waals surface area (Å²) in [6.45, 7) is 3.74. The molecule has 2 heterocycles. The predicted octanol–water partition coefficient (Wildman–Crippen LogP) is 2.85. The molecule has 1 aliphatic rings. The van der Waals surface area contributed by atoms with Crippen molar-refractivity contribution in [1.82, 2.24) is 10.3 Å². The number of nitrogens with one attached hydrogen (secondary N) is 3. The Kier molecular flexibility index (Phi) is 6.39. The van der Waals surface area contributed by atoms with Crippen molar-refractivity contribution in [1.29, 1.82) is 5.41 Å². The van der Waals surface area contributed by atoms with Crippen LogP contribution < -0.4 is 15.4 Å². The molecular weight excluding hydrogens is 356 g/mol. The van der Waals surface area contributed by atoms with Crippen LogP contribution in [0.1, 0.15) is 27.0 Å². The van der Waals surface area contributed by atoms with E-state index in [1.54, 1.807) is 25.6 Å². The number of cyclic esters (lactones) is 1. The van der Waals surface area contributed by atoms with Gasteiger partial charge in [0.25, 0.3) is 0 Å². The molecule has 146 valence electrons. The number of ether oxygens (including phenoxy) is 2. The summed E-state index contributed by atoms with van der Waals surface area (Å²) < 4.78 is 10.2. The van der Waals surface area contributed by atoms with Crippen LogP contribution in [0.3, 0.4) is 0 Å². The lowest BCUT2D eigenvalue weighted by molar-refractivity contribution is 0.0535. The average Bonchev–Trinajstić information content (AvgIpc) is 3.10. The van der Waals surface area contributed by atoms with Crippen LogP contribution in [-0.4, -0.2) is 37.4 Å². The van der Waals surface area contributed by atoms with Gasteiger partial charge in [0.15, 0.2) is 0 Å². The summed E-state index contributed by atoms with van der Waals surface area (Å²) in [5.74, 6) is 0.299. The highest BCUT2D eigenvalue weighted by Crippen LogP contribution is 2.26. The summed E-state index contributed by atoms with van der Waals surface area (Å²) in [5.41, 5.74) is 5.67. The minimum absolute atomic E-state index is 0.233. The van der Waals surface area contributed by atoms with Crippen LogP contribution in [0.2, 0.25) is 0 Å². The van der Waals surface area contributed by atoms with Gasteiger partial charge in [0.1, 0.15) is 6.61 Å². The fraction of sp³-hybridized carbons (Fsp3) is 0.286. The number of methoxy groups -OCH3 is 1. The van der Waals surface area contributed by atoms with Gasteiger partial charge in [0.05, 0.1) is 12.7 Å². The number of fused-ring (bicyclic) bond motifs is 1. The molecule has 3 rings (SSSR count). The SMILES string of the molecule is COc1cc(N/C=C(\C=N)CNCCc2ccc3c(c2C)COC3=O)ccn1. The van der Waals surface area contributed by atoms with E-state index in [-0.39, 0.29) is 5.97 Å². The van der Waals surface area contributed by atoms with Crippen molar-refractivity contribution in [2.75, 3.05) is 25.5 Å². The molecule has 0 aliphatic carbocycles. The van der Waals surface area contributed by atoms with E-state index < -0.39 is 0 Å². The van der Waals surface area contributed by atoms with Crippen LogP contribution >= 0.6 is 0 Å². The Bertz CT molecular complexity index is 909. The lowest BCUT2D eigenvalue weighted by Crippen LogP contribution is -2.21. The van der Waals surface area contributed by atoms with E-state index in [0.717, 1.165) is 35.4 Å². The van der Waals surface area contributed by atoms with Crippen molar-refractivity contribution >= 4 is 17.9 Å². The van der Waals surface area contributed by atoms with Gasteiger partial charge < -0.3 is 25.5 Å². The molecule has 0 saturated heterocycles. The molecule has 0 bridgehead atoms. The van der Waals surface area contributed by atoms with E-state index in [1.807, 2.05) is 25.1 Å². The molecule has 0 amide bonds. The summed E-state index contributed by atoms with van der Waals surface area (Å²) in [4.78, 5) is 15.7. The molecular formula is C21H24N4O3. The lowest BCUT2D eigenvalue weighted by Gasteiger charge is -2.10. The Morgan fingerprint density at radius 2 is 2.25 bits per heavy atom. The number of carbonyl (C=O) groups is 1. The molecule has 7 nitrogen and oxygen atoms in total. The van der Waals surface area contributed by atoms with Gasteiger partial charge in [0, 0.05) is 42.5 Å². The number of benzene rings is 1. The second-order valence-corrected chi connectivity index (χ2v) is 6.47. The normalized spacial score (nSPS) is 13.1. The molecule has 2 aromatic rings. The Morgan fingerprint density at radius 3 is 3.04 bits per heavy atom. The highest BCUT2D eigenvalue weighted by atomic mass is 16.5. The van der Waals surface area contributed by atoms with Crippen LogP contribution in [-0.2, 0) is 17.8 Å². The maximum Gasteiger partial charge on any atom is 0.338 e. The molecule has 7 heteroatoms. The topological polar surface area (TPSA) is 96.3 Å². The van der Waals surface area contributed by atoms with E-state index in [4.69, 9.17) is 14.9 Å². The summed E-state index contributed by atoms with van der Waals surface area (Å²) >= 11 is 0. The summed E-state index contributed by atoms with van der Waals surface area (Å²) in [7, 11) is 1.57. The summed E-state index contributed by atoms with van der Waals surface area (Å²) in [6, 6.07) is 7.46. The molecule has 1 aliphatic heterocycles.